The molecule has 0 unspecified atom stereocenters. The topological polar surface area (TPSA) is 109 Å². The van der Waals surface area contributed by atoms with E-state index >= 15 is 0 Å². The van der Waals surface area contributed by atoms with Crippen molar-refractivity contribution in [1.29, 1.82) is 0 Å². The summed E-state index contributed by atoms with van der Waals surface area (Å²) in [7, 11) is -3.80. The lowest BCUT2D eigenvalue weighted by atomic mass is 9.98. The number of nitrogens with one attached hydrogen (secondary N) is 2. The zero-order chi connectivity index (χ0) is 30.2. The monoisotopic (exact) mass is 578 g/mol. The van der Waals surface area contributed by atoms with Crippen molar-refractivity contribution < 1.29 is 22.8 Å². The van der Waals surface area contributed by atoms with Crippen molar-refractivity contribution in [3.63, 3.8) is 0 Å². The van der Waals surface area contributed by atoms with E-state index in [4.69, 9.17) is 0 Å². The Morgan fingerprint density at radius 1 is 0.878 bits per heavy atom. The highest BCUT2D eigenvalue weighted by Crippen LogP contribution is 2.21. The Labute approximate surface area is 244 Å². The Balaban J connectivity index is 1.64. The summed E-state index contributed by atoms with van der Waals surface area (Å²) >= 11 is 0. The molecule has 0 aromatic heterocycles. The second-order valence-electron chi connectivity index (χ2n) is 11.8. The molecule has 0 heterocycles. The third-order valence-electron chi connectivity index (χ3n) is 7.00. The largest absolute Gasteiger partial charge is 0.352 e. The third kappa shape index (κ3) is 9.81. The lowest BCUT2D eigenvalue weighted by Gasteiger charge is -2.23. The van der Waals surface area contributed by atoms with Gasteiger partial charge in [0.1, 0.15) is 0 Å². The molecule has 0 aliphatic heterocycles. The van der Waals surface area contributed by atoms with Gasteiger partial charge >= 0.3 is 0 Å². The summed E-state index contributed by atoms with van der Waals surface area (Å²) in [6.07, 6.45) is 1.68. The Hall–Kier alpha value is -3.52. The van der Waals surface area contributed by atoms with Crippen LogP contribution < -0.4 is 10.6 Å². The van der Waals surface area contributed by atoms with E-state index in [2.05, 4.69) is 34.9 Å². The number of amides is 2. The summed E-state index contributed by atoms with van der Waals surface area (Å²) in [4.78, 5) is 38.8. The first kappa shape index (κ1) is 32.0. The first-order valence-electron chi connectivity index (χ1n) is 14.2. The molecule has 0 saturated carbocycles. The predicted molar refractivity (Wildman–Crippen MR) is 163 cm³/mol. The van der Waals surface area contributed by atoms with Crippen LogP contribution >= 0.6 is 0 Å². The number of aryl methyl sites for hydroxylation is 2. The molecule has 0 aliphatic rings. The van der Waals surface area contributed by atoms with E-state index in [1.165, 1.54) is 17.7 Å². The van der Waals surface area contributed by atoms with Gasteiger partial charge in [0.25, 0.3) is 0 Å². The molecule has 0 aliphatic carbocycles. The summed E-state index contributed by atoms with van der Waals surface area (Å²) in [5, 5.41) is 7.89. The molecule has 0 saturated heterocycles. The number of hydrogen-bond acceptors (Lipinski definition) is 5. The van der Waals surface area contributed by atoms with Crippen molar-refractivity contribution >= 4 is 38.2 Å². The molecule has 3 aromatic carbocycles. The minimum absolute atomic E-state index is 0.00780. The fourth-order valence-electron chi connectivity index (χ4n) is 4.77. The van der Waals surface area contributed by atoms with Crippen molar-refractivity contribution in [3.05, 3.63) is 77.9 Å². The molecule has 8 heteroatoms. The molecular weight excluding hydrogens is 536 g/mol. The molecule has 0 fully saturated rings. The number of carbonyl (C=O) groups is 3. The van der Waals surface area contributed by atoms with E-state index in [9.17, 15) is 22.8 Å². The highest BCUT2D eigenvalue weighted by molar-refractivity contribution is 7.91. The van der Waals surface area contributed by atoms with Crippen molar-refractivity contribution in [2.24, 2.45) is 5.92 Å². The van der Waals surface area contributed by atoms with Gasteiger partial charge in [0.2, 0.25) is 11.8 Å². The van der Waals surface area contributed by atoms with Gasteiger partial charge in [-0.3, -0.25) is 14.4 Å². The summed E-state index contributed by atoms with van der Waals surface area (Å²) < 4.78 is 26.3. The second-order valence-corrected chi connectivity index (χ2v) is 13.9. The van der Waals surface area contributed by atoms with Crippen molar-refractivity contribution in [3.8, 4) is 0 Å². The molecule has 0 spiro atoms. The average Bonchev–Trinajstić information content (AvgIpc) is 2.90. The van der Waals surface area contributed by atoms with E-state index in [1.807, 2.05) is 45.9 Å². The smallest absolute Gasteiger partial charge is 0.224 e. The van der Waals surface area contributed by atoms with E-state index in [0.717, 1.165) is 22.8 Å². The first-order valence-corrected chi connectivity index (χ1v) is 15.8. The molecule has 2 N–H and O–H groups in total. The molecular formula is C33H42N2O5S. The standard InChI is InChI=1S/C33H42N2O5S/c1-23-16-19-28(20-17-23)41(39,40)22-27(18-21-31(37)35-33(3,4)5)32(38)34-24(2)30(36)15-9-13-26-12-8-11-25-10-6-7-14-29(25)26/h6-8,10-12,14,16-17,19-20,24,27H,9,13,15,18,21-22H2,1-5H3,(H,34,38)(H,35,37)/t24-,27+/m0/s1. The van der Waals surface area contributed by atoms with E-state index in [1.54, 1.807) is 19.1 Å². The maximum Gasteiger partial charge on any atom is 0.224 e. The highest BCUT2D eigenvalue weighted by Gasteiger charge is 2.29. The Morgan fingerprint density at radius 2 is 1.54 bits per heavy atom. The molecule has 41 heavy (non-hydrogen) atoms. The normalized spacial score (nSPS) is 13.4. The number of Topliss-reactive ketones (excluding diaryl/α,β-unsaturated/α-hetero) is 1. The van der Waals surface area contributed by atoms with Gasteiger partial charge in [0.05, 0.1) is 22.6 Å². The number of carbonyl (C=O) groups excluding carboxylic acids is 3. The minimum Gasteiger partial charge on any atom is -0.352 e. The van der Waals surface area contributed by atoms with Crippen LogP contribution in [-0.4, -0.2) is 43.3 Å². The van der Waals surface area contributed by atoms with Crippen molar-refractivity contribution in [2.45, 2.75) is 83.2 Å². The minimum atomic E-state index is -3.80. The highest BCUT2D eigenvalue weighted by atomic mass is 32.2. The van der Waals surface area contributed by atoms with Crippen LogP contribution in [0.25, 0.3) is 10.8 Å². The lowest BCUT2D eigenvalue weighted by molar-refractivity contribution is -0.130. The van der Waals surface area contributed by atoms with Gasteiger partial charge in [-0.05, 0) is 82.3 Å². The van der Waals surface area contributed by atoms with Gasteiger partial charge in [-0.25, -0.2) is 8.42 Å². The Morgan fingerprint density at radius 3 is 2.22 bits per heavy atom. The Bertz CT molecular complexity index is 1470. The van der Waals surface area contributed by atoms with Crippen molar-refractivity contribution in [2.75, 3.05) is 5.75 Å². The predicted octanol–water partition coefficient (Wildman–Crippen LogP) is 5.33. The van der Waals surface area contributed by atoms with E-state index in [0.29, 0.717) is 6.42 Å². The lowest BCUT2D eigenvalue weighted by Crippen LogP contribution is -2.44. The molecule has 3 aromatic rings. The summed E-state index contributed by atoms with van der Waals surface area (Å²) in [6.45, 7) is 9.04. The molecule has 220 valence electrons. The second kappa shape index (κ2) is 13.9. The number of sulfone groups is 1. The molecule has 0 radical (unpaired) electrons. The van der Waals surface area contributed by atoms with Crippen LogP contribution in [-0.2, 0) is 30.6 Å². The van der Waals surface area contributed by atoms with Gasteiger partial charge in [0.15, 0.2) is 15.6 Å². The van der Waals surface area contributed by atoms with Crippen LogP contribution in [0.3, 0.4) is 0 Å². The number of fused-ring (bicyclic) bond motifs is 1. The third-order valence-corrected chi connectivity index (χ3v) is 8.83. The fraction of sp³-hybridized carbons (Fsp3) is 0.424. The van der Waals surface area contributed by atoms with Gasteiger partial charge < -0.3 is 10.6 Å². The van der Waals surface area contributed by atoms with Crippen LogP contribution in [0.15, 0.2) is 71.6 Å². The summed E-state index contributed by atoms with van der Waals surface area (Å²) in [6, 6.07) is 19.9. The molecule has 2 amide bonds. The van der Waals surface area contributed by atoms with Gasteiger partial charge in [-0.1, -0.05) is 60.2 Å². The quantitative estimate of drug-likeness (QED) is 0.285. The first-order chi connectivity index (χ1) is 19.2. The number of hydrogen-bond donors (Lipinski definition) is 2. The van der Waals surface area contributed by atoms with Crippen LogP contribution in [0.2, 0.25) is 0 Å². The molecule has 3 rings (SSSR count). The maximum absolute atomic E-state index is 13.3. The zero-order valence-corrected chi connectivity index (χ0v) is 25.5. The number of rotatable bonds is 13. The average molecular weight is 579 g/mol. The summed E-state index contributed by atoms with van der Waals surface area (Å²) in [5.74, 6) is -2.37. The summed E-state index contributed by atoms with van der Waals surface area (Å²) in [5.41, 5.74) is 1.64. The zero-order valence-electron chi connectivity index (χ0n) is 24.7. The van der Waals surface area contributed by atoms with Crippen molar-refractivity contribution in [1.82, 2.24) is 10.6 Å². The van der Waals surface area contributed by atoms with Crippen LogP contribution in [0.4, 0.5) is 0 Å². The Kier molecular flexibility index (Phi) is 10.8. The molecule has 0 bridgehead atoms. The van der Waals surface area contributed by atoms with Gasteiger partial charge in [0, 0.05) is 18.4 Å². The SMILES string of the molecule is Cc1ccc(S(=O)(=O)C[C@@H](CCC(=O)NC(C)(C)C)C(=O)N[C@@H](C)C(=O)CCCc2cccc3ccccc23)cc1. The molecule has 2 atom stereocenters. The van der Waals surface area contributed by atoms with E-state index in [-0.39, 0.29) is 35.8 Å². The maximum atomic E-state index is 13.3. The van der Waals surface area contributed by atoms with Crippen LogP contribution in [0.1, 0.15) is 64.5 Å². The van der Waals surface area contributed by atoms with E-state index < -0.39 is 39.0 Å². The molecule has 7 nitrogen and oxygen atoms in total. The number of ketones is 1. The van der Waals surface area contributed by atoms with Gasteiger partial charge in [-0.2, -0.15) is 0 Å². The van der Waals surface area contributed by atoms with Gasteiger partial charge in [-0.15, -0.1) is 0 Å². The number of benzene rings is 3. The van der Waals surface area contributed by atoms with Crippen LogP contribution in [0, 0.1) is 12.8 Å². The fourth-order valence-corrected chi connectivity index (χ4v) is 6.37. The van der Waals surface area contributed by atoms with Crippen LogP contribution in [0.5, 0.6) is 0 Å².